The highest BCUT2D eigenvalue weighted by Crippen LogP contribution is 2.14. The summed E-state index contributed by atoms with van der Waals surface area (Å²) in [7, 11) is 0. The zero-order chi connectivity index (χ0) is 17.0. The number of nitrogens with one attached hydrogen (secondary N) is 1. The van der Waals surface area contributed by atoms with Crippen molar-refractivity contribution < 1.29 is 9.90 Å². The largest absolute Gasteiger partial charge is 0.378 e. The molecule has 0 radical (unpaired) electrons. The zero-order valence-corrected chi connectivity index (χ0v) is 13.9. The van der Waals surface area contributed by atoms with Gasteiger partial charge in [0, 0.05) is 16.8 Å². The number of benzene rings is 2. The van der Waals surface area contributed by atoms with E-state index < -0.39 is 5.60 Å². The average molecular weight is 307 g/mol. The van der Waals surface area contributed by atoms with Crippen LogP contribution in [-0.4, -0.2) is 16.6 Å². The molecule has 2 aromatic rings. The number of carbonyl (C=O) groups excluding carboxylic acids is 1. The predicted octanol–water partition coefficient (Wildman–Crippen LogP) is 3.68. The number of aryl methyl sites for hydroxylation is 2. The van der Waals surface area contributed by atoms with Crippen molar-refractivity contribution in [3.05, 3.63) is 64.7 Å². The summed E-state index contributed by atoms with van der Waals surface area (Å²) < 4.78 is 0. The number of aliphatic hydroxyl groups is 1. The van der Waals surface area contributed by atoms with Gasteiger partial charge >= 0.3 is 0 Å². The lowest BCUT2D eigenvalue weighted by Gasteiger charge is -2.08. The lowest BCUT2D eigenvalue weighted by molar-refractivity contribution is 0.102. The van der Waals surface area contributed by atoms with Gasteiger partial charge in [-0.25, -0.2) is 0 Å². The molecule has 0 bridgehead atoms. The average Bonchev–Trinajstić information content (AvgIpc) is 2.44. The monoisotopic (exact) mass is 307 g/mol. The quantitative estimate of drug-likeness (QED) is 0.832. The Balaban J connectivity index is 2.19. The molecule has 0 atom stereocenters. The molecule has 2 aromatic carbocycles. The maximum Gasteiger partial charge on any atom is 0.255 e. The predicted molar refractivity (Wildman–Crippen MR) is 93.5 cm³/mol. The van der Waals surface area contributed by atoms with E-state index in [1.54, 1.807) is 19.9 Å². The van der Waals surface area contributed by atoms with E-state index in [4.69, 9.17) is 0 Å². The van der Waals surface area contributed by atoms with Crippen LogP contribution >= 0.6 is 0 Å². The lowest BCUT2D eigenvalue weighted by Crippen LogP contribution is -2.14. The van der Waals surface area contributed by atoms with Crippen LogP contribution in [0.3, 0.4) is 0 Å². The summed E-state index contributed by atoms with van der Waals surface area (Å²) in [5.74, 6) is 5.51. The highest BCUT2D eigenvalue weighted by atomic mass is 16.3. The summed E-state index contributed by atoms with van der Waals surface area (Å²) in [5, 5.41) is 12.5. The Bertz CT molecular complexity index is 769. The SMILES string of the molecule is Cc1cc(C)cc(C(=O)Nc2cccc(C#CC(C)(C)O)c2)c1. The second kappa shape index (κ2) is 6.68. The van der Waals surface area contributed by atoms with Crippen LogP contribution in [0.5, 0.6) is 0 Å². The van der Waals surface area contributed by atoms with E-state index >= 15 is 0 Å². The van der Waals surface area contributed by atoms with Crippen molar-refractivity contribution in [1.82, 2.24) is 0 Å². The molecule has 0 aliphatic heterocycles. The Morgan fingerprint density at radius 3 is 2.35 bits per heavy atom. The summed E-state index contributed by atoms with van der Waals surface area (Å²) >= 11 is 0. The van der Waals surface area contributed by atoms with Crippen LogP contribution in [-0.2, 0) is 0 Å². The molecule has 2 rings (SSSR count). The second-order valence-corrected chi connectivity index (χ2v) is 6.22. The van der Waals surface area contributed by atoms with Gasteiger partial charge in [0.25, 0.3) is 5.91 Å². The number of anilines is 1. The first-order chi connectivity index (χ1) is 10.7. The Morgan fingerprint density at radius 1 is 1.09 bits per heavy atom. The van der Waals surface area contributed by atoms with Crippen LogP contribution in [0, 0.1) is 25.7 Å². The molecular weight excluding hydrogens is 286 g/mol. The van der Waals surface area contributed by atoms with E-state index in [2.05, 4.69) is 17.2 Å². The molecule has 118 valence electrons. The van der Waals surface area contributed by atoms with E-state index in [0.29, 0.717) is 11.3 Å². The maximum absolute atomic E-state index is 12.4. The summed E-state index contributed by atoms with van der Waals surface area (Å²) in [4.78, 5) is 12.4. The number of amides is 1. The van der Waals surface area contributed by atoms with Gasteiger partial charge in [-0.3, -0.25) is 4.79 Å². The minimum absolute atomic E-state index is 0.149. The fourth-order valence-electron chi connectivity index (χ4n) is 2.21. The summed E-state index contributed by atoms with van der Waals surface area (Å²) in [6.45, 7) is 7.20. The van der Waals surface area contributed by atoms with Crippen molar-refractivity contribution in [2.45, 2.75) is 33.3 Å². The van der Waals surface area contributed by atoms with Crippen LogP contribution in [0.4, 0.5) is 5.69 Å². The minimum atomic E-state index is -1.04. The van der Waals surface area contributed by atoms with Crippen molar-refractivity contribution in [3.63, 3.8) is 0 Å². The molecule has 2 N–H and O–H groups in total. The number of hydrogen-bond acceptors (Lipinski definition) is 2. The molecule has 0 saturated carbocycles. The summed E-state index contributed by atoms with van der Waals surface area (Å²) in [5.41, 5.74) is 3.12. The molecule has 0 heterocycles. The van der Waals surface area contributed by atoms with Crippen LogP contribution < -0.4 is 5.32 Å². The van der Waals surface area contributed by atoms with Crippen molar-refractivity contribution in [3.8, 4) is 11.8 Å². The maximum atomic E-state index is 12.4. The minimum Gasteiger partial charge on any atom is -0.378 e. The van der Waals surface area contributed by atoms with Gasteiger partial charge in [-0.1, -0.05) is 35.1 Å². The summed E-state index contributed by atoms with van der Waals surface area (Å²) in [6, 6.07) is 13.0. The van der Waals surface area contributed by atoms with Gasteiger partial charge in [-0.05, 0) is 58.0 Å². The van der Waals surface area contributed by atoms with E-state index in [1.807, 2.05) is 50.2 Å². The van der Waals surface area contributed by atoms with Gasteiger partial charge < -0.3 is 10.4 Å². The first-order valence-electron chi connectivity index (χ1n) is 7.48. The molecule has 3 heteroatoms. The Labute approximate surface area is 137 Å². The van der Waals surface area contributed by atoms with E-state index in [0.717, 1.165) is 16.7 Å². The molecule has 0 unspecified atom stereocenters. The highest BCUT2D eigenvalue weighted by molar-refractivity contribution is 6.04. The van der Waals surface area contributed by atoms with E-state index in [-0.39, 0.29) is 5.91 Å². The van der Waals surface area contributed by atoms with Gasteiger partial charge in [0.1, 0.15) is 5.60 Å². The smallest absolute Gasteiger partial charge is 0.255 e. The van der Waals surface area contributed by atoms with Crippen molar-refractivity contribution in [2.75, 3.05) is 5.32 Å². The molecule has 23 heavy (non-hydrogen) atoms. The Kier molecular flexibility index (Phi) is 4.88. The molecule has 0 aliphatic carbocycles. The van der Waals surface area contributed by atoms with Crippen molar-refractivity contribution >= 4 is 11.6 Å². The molecule has 0 spiro atoms. The van der Waals surface area contributed by atoms with Crippen LogP contribution in [0.15, 0.2) is 42.5 Å². The molecule has 0 fully saturated rings. The van der Waals surface area contributed by atoms with E-state index in [9.17, 15) is 9.90 Å². The fraction of sp³-hybridized carbons (Fsp3) is 0.250. The fourth-order valence-corrected chi connectivity index (χ4v) is 2.21. The third kappa shape index (κ3) is 5.28. The normalized spacial score (nSPS) is 10.7. The first kappa shape index (κ1) is 16.8. The van der Waals surface area contributed by atoms with Crippen LogP contribution in [0.25, 0.3) is 0 Å². The van der Waals surface area contributed by atoms with Crippen LogP contribution in [0.1, 0.15) is 40.9 Å². The molecular formula is C20H21NO2. The number of carbonyl (C=O) groups is 1. The van der Waals surface area contributed by atoms with Gasteiger partial charge in [0.15, 0.2) is 0 Å². The second-order valence-electron chi connectivity index (χ2n) is 6.22. The summed E-state index contributed by atoms with van der Waals surface area (Å²) in [6.07, 6.45) is 0. The van der Waals surface area contributed by atoms with Crippen molar-refractivity contribution in [1.29, 1.82) is 0 Å². The molecule has 3 nitrogen and oxygen atoms in total. The van der Waals surface area contributed by atoms with Gasteiger partial charge in [0.05, 0.1) is 0 Å². The lowest BCUT2D eigenvalue weighted by atomic mass is 10.1. The first-order valence-corrected chi connectivity index (χ1v) is 7.48. The number of hydrogen-bond donors (Lipinski definition) is 2. The third-order valence-corrected chi connectivity index (χ3v) is 3.12. The van der Waals surface area contributed by atoms with Gasteiger partial charge in [-0.15, -0.1) is 0 Å². The Morgan fingerprint density at radius 2 is 1.74 bits per heavy atom. The van der Waals surface area contributed by atoms with Crippen molar-refractivity contribution in [2.24, 2.45) is 0 Å². The highest BCUT2D eigenvalue weighted by Gasteiger charge is 2.08. The molecule has 0 saturated heterocycles. The van der Waals surface area contributed by atoms with Crippen LogP contribution in [0.2, 0.25) is 0 Å². The third-order valence-electron chi connectivity index (χ3n) is 3.12. The molecule has 1 amide bonds. The number of rotatable bonds is 2. The van der Waals surface area contributed by atoms with Gasteiger partial charge in [-0.2, -0.15) is 0 Å². The molecule has 0 aromatic heterocycles. The van der Waals surface area contributed by atoms with E-state index in [1.165, 1.54) is 0 Å². The van der Waals surface area contributed by atoms with Gasteiger partial charge in [0.2, 0.25) is 0 Å². The standard InChI is InChI=1S/C20H21NO2/c1-14-10-15(2)12-17(11-14)19(22)21-18-7-5-6-16(13-18)8-9-20(3,4)23/h5-7,10-13,23H,1-4H3,(H,21,22). The Hall–Kier alpha value is -2.57. The molecule has 0 aliphatic rings. The zero-order valence-electron chi connectivity index (χ0n) is 13.9. The topological polar surface area (TPSA) is 49.3 Å².